The third-order valence-corrected chi connectivity index (χ3v) is 5.50. The molecule has 0 aliphatic carbocycles. The third-order valence-electron chi connectivity index (χ3n) is 5.50. The van der Waals surface area contributed by atoms with Crippen molar-refractivity contribution >= 4 is 34.2 Å². The Morgan fingerprint density at radius 2 is 2.07 bits per heavy atom. The van der Waals surface area contributed by atoms with Gasteiger partial charge in [-0.2, -0.15) is 5.10 Å². The molecule has 0 unspecified atom stereocenters. The monoisotopic (exact) mass is 392 g/mol. The summed E-state index contributed by atoms with van der Waals surface area (Å²) in [6, 6.07) is 7.55. The zero-order chi connectivity index (χ0) is 20.5. The number of hydrogen-bond acceptors (Lipinski definition) is 5. The summed E-state index contributed by atoms with van der Waals surface area (Å²) in [4.78, 5) is 31.4. The number of nitrogen functional groups attached to an aromatic ring is 1. The first-order valence-corrected chi connectivity index (χ1v) is 9.69. The Hall–Kier alpha value is -3.42. The van der Waals surface area contributed by atoms with Crippen molar-refractivity contribution in [1.29, 1.82) is 0 Å². The number of nitrogens with one attached hydrogen (secondary N) is 2. The second kappa shape index (κ2) is 7.54. The van der Waals surface area contributed by atoms with E-state index in [-0.39, 0.29) is 6.04 Å². The number of nitrogens with two attached hydrogens (primary N) is 1. The summed E-state index contributed by atoms with van der Waals surface area (Å²) in [5, 5.41) is 10.6. The first-order chi connectivity index (χ1) is 13.9. The number of carbonyl (C=O) groups excluding carboxylic acids is 2. The number of aromatic nitrogens is 3. The highest BCUT2D eigenvalue weighted by Crippen LogP contribution is 2.34. The van der Waals surface area contributed by atoms with Crippen LogP contribution in [0.15, 0.2) is 36.7 Å². The van der Waals surface area contributed by atoms with Crippen LogP contribution in [0.4, 0.5) is 11.5 Å². The van der Waals surface area contributed by atoms with E-state index >= 15 is 0 Å². The first kappa shape index (κ1) is 18.9. The van der Waals surface area contributed by atoms with Crippen LogP contribution in [0.5, 0.6) is 0 Å². The van der Waals surface area contributed by atoms with Gasteiger partial charge in [0.2, 0.25) is 0 Å². The molecule has 4 N–H and O–H groups in total. The number of rotatable bonds is 2. The van der Waals surface area contributed by atoms with Crippen molar-refractivity contribution in [3.63, 3.8) is 0 Å². The van der Waals surface area contributed by atoms with Gasteiger partial charge in [-0.25, -0.2) is 4.98 Å². The van der Waals surface area contributed by atoms with E-state index in [1.165, 1.54) is 6.20 Å². The van der Waals surface area contributed by atoms with Gasteiger partial charge < -0.3 is 16.0 Å². The van der Waals surface area contributed by atoms with Crippen LogP contribution < -0.4 is 11.1 Å². The lowest BCUT2D eigenvalue weighted by Crippen LogP contribution is -2.46. The molecule has 4 rings (SSSR count). The highest BCUT2D eigenvalue weighted by Gasteiger charge is 2.34. The van der Waals surface area contributed by atoms with Crippen LogP contribution in [-0.4, -0.2) is 38.4 Å². The maximum Gasteiger partial charge on any atom is 0.313 e. The van der Waals surface area contributed by atoms with Crippen molar-refractivity contribution in [2.24, 2.45) is 5.92 Å². The molecule has 1 aromatic carbocycles. The Morgan fingerprint density at radius 1 is 1.24 bits per heavy atom. The van der Waals surface area contributed by atoms with Gasteiger partial charge in [0.25, 0.3) is 0 Å². The molecule has 3 aromatic rings. The van der Waals surface area contributed by atoms with Crippen LogP contribution in [0.3, 0.4) is 0 Å². The smallest absolute Gasteiger partial charge is 0.313 e. The Bertz CT molecular complexity index is 1080. The predicted molar refractivity (Wildman–Crippen MR) is 111 cm³/mol. The second-order valence-corrected chi connectivity index (χ2v) is 7.75. The molecule has 1 aliphatic heterocycles. The van der Waals surface area contributed by atoms with Crippen molar-refractivity contribution < 1.29 is 9.59 Å². The van der Waals surface area contributed by atoms with E-state index in [1.54, 1.807) is 24.1 Å². The van der Waals surface area contributed by atoms with Gasteiger partial charge in [0, 0.05) is 11.9 Å². The molecule has 2 aromatic heterocycles. The summed E-state index contributed by atoms with van der Waals surface area (Å²) in [6.07, 6.45) is 5.03. The van der Waals surface area contributed by atoms with E-state index in [9.17, 15) is 9.59 Å². The zero-order valence-electron chi connectivity index (χ0n) is 16.5. The molecule has 8 heteroatoms. The molecule has 1 aliphatic rings. The Kier molecular flexibility index (Phi) is 4.92. The molecule has 8 nitrogen and oxygen atoms in total. The van der Waals surface area contributed by atoms with Crippen LogP contribution in [0.25, 0.3) is 10.9 Å². The molecule has 3 heterocycles. The number of anilines is 2. The molecule has 0 spiro atoms. The van der Waals surface area contributed by atoms with Gasteiger partial charge in [-0.1, -0.05) is 13.0 Å². The summed E-state index contributed by atoms with van der Waals surface area (Å²) in [6.45, 7) is 4.44. The second-order valence-electron chi connectivity index (χ2n) is 7.75. The minimum Gasteiger partial charge on any atom is -0.383 e. The highest BCUT2D eigenvalue weighted by molar-refractivity contribution is 6.39. The third kappa shape index (κ3) is 3.78. The number of aryl methyl sites for hydroxylation is 1. The molecule has 0 saturated carbocycles. The number of aromatic amines is 1. The quantitative estimate of drug-likeness (QED) is 0.580. The number of piperidine rings is 1. The van der Waals surface area contributed by atoms with Gasteiger partial charge in [-0.3, -0.25) is 14.7 Å². The average molecular weight is 392 g/mol. The van der Waals surface area contributed by atoms with Crippen LogP contribution in [0, 0.1) is 12.8 Å². The molecule has 2 amide bonds. The largest absolute Gasteiger partial charge is 0.383 e. The van der Waals surface area contributed by atoms with Crippen molar-refractivity contribution in [3.8, 4) is 0 Å². The van der Waals surface area contributed by atoms with Gasteiger partial charge in [0.15, 0.2) is 0 Å². The molecule has 1 saturated heterocycles. The predicted octanol–water partition coefficient (Wildman–Crippen LogP) is 2.79. The van der Waals surface area contributed by atoms with E-state index in [0.717, 1.165) is 34.9 Å². The van der Waals surface area contributed by atoms with E-state index in [0.29, 0.717) is 24.0 Å². The maximum absolute atomic E-state index is 13.0. The summed E-state index contributed by atoms with van der Waals surface area (Å²) in [7, 11) is 0. The number of pyridine rings is 1. The fraction of sp³-hybridized carbons (Fsp3) is 0.333. The fourth-order valence-electron chi connectivity index (χ4n) is 3.86. The summed E-state index contributed by atoms with van der Waals surface area (Å²) >= 11 is 0. The number of carbonyl (C=O) groups is 2. The van der Waals surface area contributed by atoms with Crippen molar-refractivity contribution in [3.05, 3.63) is 47.8 Å². The van der Waals surface area contributed by atoms with Crippen LogP contribution in [0.2, 0.25) is 0 Å². The number of amides is 2. The molecule has 150 valence electrons. The summed E-state index contributed by atoms with van der Waals surface area (Å²) in [5.41, 5.74) is 8.87. The molecule has 0 bridgehead atoms. The van der Waals surface area contributed by atoms with Crippen LogP contribution in [0.1, 0.15) is 36.9 Å². The lowest BCUT2D eigenvalue weighted by molar-refractivity contribution is -0.146. The SMILES string of the molecule is Cc1cc(NC(=O)C(=O)N2C[C@@H](C)CC[C@@H]2c2ccc3[nH]ncc3c2)cnc1N. The summed E-state index contributed by atoms with van der Waals surface area (Å²) in [5.74, 6) is -0.474. The van der Waals surface area contributed by atoms with Crippen molar-refractivity contribution in [2.75, 3.05) is 17.6 Å². The molecule has 0 radical (unpaired) electrons. The number of fused-ring (bicyclic) bond motifs is 1. The topological polar surface area (TPSA) is 117 Å². The van der Waals surface area contributed by atoms with E-state index < -0.39 is 11.8 Å². The van der Waals surface area contributed by atoms with E-state index in [2.05, 4.69) is 27.4 Å². The Balaban J connectivity index is 1.57. The Labute approximate surface area is 168 Å². The number of benzene rings is 1. The van der Waals surface area contributed by atoms with Gasteiger partial charge >= 0.3 is 11.8 Å². The van der Waals surface area contributed by atoms with Crippen molar-refractivity contribution in [1.82, 2.24) is 20.1 Å². The lowest BCUT2D eigenvalue weighted by Gasteiger charge is -2.38. The normalized spacial score (nSPS) is 19.3. The van der Waals surface area contributed by atoms with Gasteiger partial charge in [0.1, 0.15) is 5.82 Å². The minimum absolute atomic E-state index is 0.143. The highest BCUT2D eigenvalue weighted by atomic mass is 16.2. The fourth-order valence-corrected chi connectivity index (χ4v) is 3.86. The minimum atomic E-state index is -0.667. The number of likely N-dealkylation sites (tertiary alicyclic amines) is 1. The van der Waals surface area contributed by atoms with E-state index in [1.807, 2.05) is 18.2 Å². The summed E-state index contributed by atoms with van der Waals surface area (Å²) < 4.78 is 0. The van der Waals surface area contributed by atoms with Gasteiger partial charge in [-0.15, -0.1) is 0 Å². The van der Waals surface area contributed by atoms with E-state index in [4.69, 9.17) is 5.73 Å². The maximum atomic E-state index is 13.0. The van der Waals surface area contributed by atoms with Crippen molar-refractivity contribution in [2.45, 2.75) is 32.7 Å². The average Bonchev–Trinajstić information content (AvgIpc) is 3.18. The Morgan fingerprint density at radius 3 is 2.86 bits per heavy atom. The number of H-pyrrole nitrogens is 1. The van der Waals surface area contributed by atoms with Crippen LogP contribution in [-0.2, 0) is 9.59 Å². The van der Waals surface area contributed by atoms with Gasteiger partial charge in [-0.05, 0) is 55.0 Å². The molecule has 2 atom stereocenters. The van der Waals surface area contributed by atoms with Crippen LogP contribution >= 0.6 is 0 Å². The molecular formula is C21H24N6O2. The lowest BCUT2D eigenvalue weighted by atomic mass is 9.89. The first-order valence-electron chi connectivity index (χ1n) is 9.69. The van der Waals surface area contributed by atoms with Gasteiger partial charge in [0.05, 0.1) is 29.6 Å². The number of nitrogens with zero attached hydrogens (tertiary/aromatic N) is 3. The zero-order valence-corrected chi connectivity index (χ0v) is 16.5. The standard InChI is InChI=1S/C21H24N6O2/c1-12-3-6-18(14-4-5-17-15(8-14)9-24-26-17)27(11-12)21(29)20(28)25-16-7-13(2)19(22)23-10-16/h4-5,7-10,12,18H,3,6,11H2,1-2H3,(H2,22,23)(H,24,26)(H,25,28)/t12-,18+/m0/s1. The number of hydrogen-bond donors (Lipinski definition) is 3. The molecule has 29 heavy (non-hydrogen) atoms. The molecule has 1 fully saturated rings. The molecular weight excluding hydrogens is 368 g/mol.